The number of benzene rings is 1. The van der Waals surface area contributed by atoms with E-state index in [9.17, 15) is 0 Å². The quantitative estimate of drug-likeness (QED) is 0.821. The van der Waals surface area contributed by atoms with Crippen molar-refractivity contribution in [2.45, 2.75) is 40.2 Å². The second kappa shape index (κ2) is 4.78. The van der Waals surface area contributed by atoms with Gasteiger partial charge < -0.3 is 10.3 Å². The minimum atomic E-state index is 0.675. The fourth-order valence-electron chi connectivity index (χ4n) is 2.15. The molecule has 17 heavy (non-hydrogen) atoms. The zero-order valence-corrected chi connectivity index (χ0v) is 10.9. The average molecular weight is 231 g/mol. The number of hydrogen-bond acceptors (Lipinski definition) is 2. The number of fused-ring (bicyclic) bond motifs is 1. The molecule has 0 aliphatic carbocycles. The largest absolute Gasteiger partial charge is 0.399 e. The van der Waals surface area contributed by atoms with Gasteiger partial charge in [0, 0.05) is 18.7 Å². The molecule has 2 N–H and O–H groups in total. The van der Waals surface area contributed by atoms with Crippen LogP contribution >= 0.6 is 0 Å². The van der Waals surface area contributed by atoms with Crippen LogP contribution in [0.5, 0.6) is 0 Å². The summed E-state index contributed by atoms with van der Waals surface area (Å²) in [5.74, 6) is 1.86. The Morgan fingerprint density at radius 3 is 2.76 bits per heavy atom. The van der Waals surface area contributed by atoms with Crippen LogP contribution in [0.3, 0.4) is 0 Å². The molecule has 1 aromatic heterocycles. The number of aryl methyl sites for hydroxylation is 1. The minimum Gasteiger partial charge on any atom is -0.399 e. The summed E-state index contributed by atoms with van der Waals surface area (Å²) in [4.78, 5) is 4.72. The lowest BCUT2D eigenvalue weighted by molar-refractivity contribution is 0.527. The SMILES string of the molecule is CCC(C)Cc1nc2ccc(N)cc2n1CC. The molecule has 0 saturated carbocycles. The molecule has 92 valence electrons. The van der Waals surface area contributed by atoms with Gasteiger partial charge in [0.25, 0.3) is 0 Å². The average Bonchev–Trinajstić information content (AvgIpc) is 2.65. The van der Waals surface area contributed by atoms with Crippen molar-refractivity contribution < 1.29 is 0 Å². The Hall–Kier alpha value is -1.51. The van der Waals surface area contributed by atoms with Crippen molar-refractivity contribution in [3.63, 3.8) is 0 Å². The predicted octanol–water partition coefficient (Wildman–Crippen LogP) is 3.23. The van der Waals surface area contributed by atoms with Crippen molar-refractivity contribution >= 4 is 16.7 Å². The fourth-order valence-corrected chi connectivity index (χ4v) is 2.15. The summed E-state index contributed by atoms with van der Waals surface area (Å²) in [6.45, 7) is 7.60. The third-order valence-electron chi connectivity index (χ3n) is 3.40. The van der Waals surface area contributed by atoms with E-state index in [0.717, 1.165) is 29.7 Å². The van der Waals surface area contributed by atoms with Crippen LogP contribution in [0.2, 0.25) is 0 Å². The molecule has 3 nitrogen and oxygen atoms in total. The highest BCUT2D eigenvalue weighted by Gasteiger charge is 2.11. The van der Waals surface area contributed by atoms with E-state index < -0.39 is 0 Å². The predicted molar refractivity (Wildman–Crippen MR) is 73.0 cm³/mol. The summed E-state index contributed by atoms with van der Waals surface area (Å²) in [5, 5.41) is 0. The van der Waals surface area contributed by atoms with Gasteiger partial charge in [0.2, 0.25) is 0 Å². The molecular weight excluding hydrogens is 210 g/mol. The maximum atomic E-state index is 5.84. The molecule has 1 unspecified atom stereocenters. The van der Waals surface area contributed by atoms with E-state index in [-0.39, 0.29) is 0 Å². The van der Waals surface area contributed by atoms with Crippen LogP contribution in [0, 0.1) is 5.92 Å². The van der Waals surface area contributed by atoms with Gasteiger partial charge in [-0.25, -0.2) is 4.98 Å². The Balaban J connectivity index is 2.48. The summed E-state index contributed by atoms with van der Waals surface area (Å²) in [5.41, 5.74) is 8.86. The van der Waals surface area contributed by atoms with Gasteiger partial charge in [-0.2, -0.15) is 0 Å². The third kappa shape index (κ3) is 2.28. The lowest BCUT2D eigenvalue weighted by Gasteiger charge is -2.10. The molecule has 0 fully saturated rings. The molecule has 0 bridgehead atoms. The second-order valence-corrected chi connectivity index (χ2v) is 4.74. The summed E-state index contributed by atoms with van der Waals surface area (Å²) < 4.78 is 2.28. The smallest absolute Gasteiger partial charge is 0.110 e. The number of imidazole rings is 1. The van der Waals surface area contributed by atoms with E-state index in [4.69, 9.17) is 10.7 Å². The monoisotopic (exact) mass is 231 g/mol. The van der Waals surface area contributed by atoms with Crippen molar-refractivity contribution in [2.75, 3.05) is 5.73 Å². The van der Waals surface area contributed by atoms with E-state index in [2.05, 4.69) is 25.3 Å². The number of rotatable bonds is 4. The van der Waals surface area contributed by atoms with Crippen molar-refractivity contribution in [2.24, 2.45) is 5.92 Å². The molecule has 3 heteroatoms. The van der Waals surface area contributed by atoms with Gasteiger partial charge in [-0.3, -0.25) is 0 Å². The molecule has 1 heterocycles. The third-order valence-corrected chi connectivity index (χ3v) is 3.40. The Morgan fingerprint density at radius 2 is 2.12 bits per heavy atom. The molecule has 0 radical (unpaired) electrons. The summed E-state index contributed by atoms with van der Waals surface area (Å²) in [6, 6.07) is 5.95. The minimum absolute atomic E-state index is 0.675. The van der Waals surface area contributed by atoms with Crippen LogP contribution in [-0.2, 0) is 13.0 Å². The summed E-state index contributed by atoms with van der Waals surface area (Å²) in [6.07, 6.45) is 2.23. The number of nitrogens with zero attached hydrogens (tertiary/aromatic N) is 2. The van der Waals surface area contributed by atoms with Crippen molar-refractivity contribution in [1.82, 2.24) is 9.55 Å². The van der Waals surface area contributed by atoms with Gasteiger partial charge in [-0.05, 0) is 31.0 Å². The van der Waals surface area contributed by atoms with Crippen LogP contribution in [-0.4, -0.2) is 9.55 Å². The first kappa shape index (κ1) is 12.0. The van der Waals surface area contributed by atoms with E-state index in [1.54, 1.807) is 0 Å². The molecule has 0 saturated heterocycles. The van der Waals surface area contributed by atoms with E-state index in [1.165, 1.54) is 12.2 Å². The van der Waals surface area contributed by atoms with Gasteiger partial charge in [0.1, 0.15) is 5.82 Å². The second-order valence-electron chi connectivity index (χ2n) is 4.74. The summed E-state index contributed by atoms with van der Waals surface area (Å²) >= 11 is 0. The molecule has 2 rings (SSSR count). The van der Waals surface area contributed by atoms with Gasteiger partial charge in [0.05, 0.1) is 11.0 Å². The molecule has 0 amide bonds. The number of nitrogens with two attached hydrogens (primary N) is 1. The number of nitrogen functional groups attached to an aromatic ring is 1. The Labute approximate surface area is 103 Å². The highest BCUT2D eigenvalue weighted by molar-refractivity contribution is 5.79. The Morgan fingerprint density at radius 1 is 1.35 bits per heavy atom. The molecule has 0 aliphatic heterocycles. The molecule has 0 spiro atoms. The number of anilines is 1. The van der Waals surface area contributed by atoms with E-state index >= 15 is 0 Å². The zero-order valence-electron chi connectivity index (χ0n) is 10.9. The maximum absolute atomic E-state index is 5.84. The Kier molecular flexibility index (Phi) is 3.36. The van der Waals surface area contributed by atoms with Gasteiger partial charge in [-0.1, -0.05) is 20.3 Å². The number of aromatic nitrogens is 2. The lowest BCUT2D eigenvalue weighted by Crippen LogP contribution is -2.06. The lowest BCUT2D eigenvalue weighted by atomic mass is 10.1. The van der Waals surface area contributed by atoms with Crippen molar-refractivity contribution in [3.8, 4) is 0 Å². The van der Waals surface area contributed by atoms with Crippen molar-refractivity contribution in [3.05, 3.63) is 24.0 Å². The van der Waals surface area contributed by atoms with Crippen LogP contribution < -0.4 is 5.73 Å². The first-order valence-electron chi connectivity index (χ1n) is 6.40. The fraction of sp³-hybridized carbons (Fsp3) is 0.500. The molecule has 1 atom stereocenters. The highest BCUT2D eigenvalue weighted by Crippen LogP contribution is 2.21. The first-order chi connectivity index (χ1) is 8.15. The van der Waals surface area contributed by atoms with Crippen LogP contribution in [0.25, 0.3) is 11.0 Å². The molecule has 0 aliphatic rings. The molecular formula is C14H21N3. The van der Waals surface area contributed by atoms with Gasteiger partial charge in [0.15, 0.2) is 0 Å². The maximum Gasteiger partial charge on any atom is 0.110 e. The van der Waals surface area contributed by atoms with E-state index in [1.807, 2.05) is 18.2 Å². The van der Waals surface area contributed by atoms with Crippen LogP contribution in [0.15, 0.2) is 18.2 Å². The van der Waals surface area contributed by atoms with Gasteiger partial charge in [-0.15, -0.1) is 0 Å². The normalized spacial score (nSPS) is 13.1. The van der Waals surface area contributed by atoms with Crippen LogP contribution in [0.1, 0.15) is 33.0 Å². The standard InChI is InChI=1S/C14H21N3/c1-4-10(3)8-14-16-12-7-6-11(15)9-13(12)17(14)5-2/h6-7,9-10H,4-5,8,15H2,1-3H3. The Bertz CT molecular complexity index is 513. The topological polar surface area (TPSA) is 43.8 Å². The highest BCUT2D eigenvalue weighted by atomic mass is 15.1. The molecule has 2 aromatic rings. The van der Waals surface area contributed by atoms with Crippen LogP contribution in [0.4, 0.5) is 5.69 Å². The van der Waals surface area contributed by atoms with Gasteiger partial charge >= 0.3 is 0 Å². The number of hydrogen-bond donors (Lipinski definition) is 1. The first-order valence-corrected chi connectivity index (χ1v) is 6.40. The van der Waals surface area contributed by atoms with E-state index in [0.29, 0.717) is 5.92 Å². The summed E-state index contributed by atoms with van der Waals surface area (Å²) in [7, 11) is 0. The van der Waals surface area contributed by atoms with Crippen molar-refractivity contribution in [1.29, 1.82) is 0 Å². The molecule has 1 aromatic carbocycles. The zero-order chi connectivity index (χ0) is 12.4.